The molecule has 1 aliphatic heterocycles. The molecule has 0 aromatic heterocycles. The quantitative estimate of drug-likeness (QED) is 0.183. The van der Waals surface area contributed by atoms with E-state index >= 15 is 0 Å². The largest absolute Gasteiger partial charge is 0.507 e. The minimum Gasteiger partial charge on any atom is -0.507 e. The first-order chi connectivity index (χ1) is 27.2. The second-order valence-corrected chi connectivity index (χ2v) is 19.0. The van der Waals surface area contributed by atoms with Crippen molar-refractivity contribution in [2.24, 2.45) is 0 Å². The lowest BCUT2D eigenvalue weighted by molar-refractivity contribution is -0.00389. The van der Waals surface area contributed by atoms with Crippen molar-refractivity contribution < 1.29 is 19.3 Å². The predicted octanol–water partition coefficient (Wildman–Crippen LogP) is 14.1. The van der Waals surface area contributed by atoms with Crippen molar-refractivity contribution >= 4 is 0 Å². The smallest absolute Gasteiger partial charge is 0.174 e. The summed E-state index contributed by atoms with van der Waals surface area (Å²) < 4.78 is 20.9. The van der Waals surface area contributed by atoms with Gasteiger partial charge in [0.25, 0.3) is 0 Å². The third-order valence-electron chi connectivity index (χ3n) is 11.6. The van der Waals surface area contributed by atoms with Crippen molar-refractivity contribution in [3.63, 3.8) is 0 Å². The van der Waals surface area contributed by atoms with Crippen LogP contribution in [-0.4, -0.2) is 23.9 Å². The average molecular weight is 773 g/mol. The van der Waals surface area contributed by atoms with Gasteiger partial charge in [-0.2, -0.15) is 0 Å². The van der Waals surface area contributed by atoms with Crippen LogP contribution in [0.5, 0.6) is 23.0 Å². The van der Waals surface area contributed by atoms with E-state index in [0.29, 0.717) is 5.75 Å². The minimum atomic E-state index is -0.906. The van der Waals surface area contributed by atoms with Crippen LogP contribution >= 0.6 is 0 Å². The van der Waals surface area contributed by atoms with Crippen LogP contribution < -0.4 is 14.2 Å². The minimum absolute atomic E-state index is 0.114. The third kappa shape index (κ3) is 7.86. The molecule has 1 aliphatic rings. The highest BCUT2D eigenvalue weighted by Gasteiger charge is 2.36. The van der Waals surface area contributed by atoms with Gasteiger partial charge in [-0.1, -0.05) is 113 Å². The van der Waals surface area contributed by atoms with Gasteiger partial charge in [0.05, 0.1) is 0 Å². The summed E-state index contributed by atoms with van der Waals surface area (Å²) >= 11 is 0. The zero-order chi connectivity index (χ0) is 41.9. The van der Waals surface area contributed by atoms with Crippen molar-refractivity contribution in [1.29, 1.82) is 0 Å². The van der Waals surface area contributed by atoms with E-state index in [0.717, 1.165) is 67.1 Å². The van der Waals surface area contributed by atoms with E-state index < -0.39 is 5.60 Å². The summed E-state index contributed by atoms with van der Waals surface area (Å²) in [6.07, 6.45) is 0. The fraction of sp³-hybridized carbons (Fsp3) is 0.333. The van der Waals surface area contributed by atoms with Gasteiger partial charge < -0.3 is 19.3 Å². The molecule has 1 unspecified atom stereocenters. The van der Waals surface area contributed by atoms with E-state index in [1.54, 1.807) is 0 Å². The zero-order valence-corrected chi connectivity index (χ0v) is 36.8. The number of rotatable bonds is 6. The molecule has 4 nitrogen and oxygen atoms in total. The van der Waals surface area contributed by atoms with Crippen LogP contribution in [0.3, 0.4) is 0 Å². The zero-order valence-electron chi connectivity index (χ0n) is 36.8. The first-order valence-electron chi connectivity index (χ1n) is 20.6. The lowest BCUT2D eigenvalue weighted by Gasteiger charge is -2.36. The first kappa shape index (κ1) is 40.7. The number of aryl methyl sites for hydroxylation is 6. The van der Waals surface area contributed by atoms with Gasteiger partial charge in [-0.15, -0.1) is 0 Å². The molecule has 1 atom stereocenters. The number of benzene rings is 6. The topological polar surface area (TPSA) is 47.9 Å². The molecule has 58 heavy (non-hydrogen) atoms. The van der Waals surface area contributed by atoms with E-state index in [9.17, 15) is 5.11 Å². The Bertz CT molecular complexity index is 2500. The van der Waals surface area contributed by atoms with Crippen molar-refractivity contribution in [2.75, 3.05) is 13.2 Å². The van der Waals surface area contributed by atoms with Crippen molar-refractivity contribution in [3.8, 4) is 67.5 Å². The molecule has 6 aromatic rings. The van der Waals surface area contributed by atoms with Gasteiger partial charge in [0.2, 0.25) is 0 Å². The number of hydrogen-bond donors (Lipinski definition) is 1. The van der Waals surface area contributed by atoms with E-state index in [2.05, 4.69) is 151 Å². The highest BCUT2D eigenvalue weighted by Crippen LogP contribution is 2.50. The summed E-state index contributed by atoms with van der Waals surface area (Å²) in [5, 5.41) is 12.2. The molecule has 0 bridgehead atoms. The highest BCUT2D eigenvalue weighted by atomic mass is 16.6. The Labute approximate surface area is 346 Å². The Balaban J connectivity index is 1.36. The van der Waals surface area contributed by atoms with Crippen LogP contribution in [0.1, 0.15) is 93.0 Å². The van der Waals surface area contributed by atoms with Crippen molar-refractivity contribution in [2.45, 2.75) is 106 Å². The molecule has 0 saturated carbocycles. The van der Waals surface area contributed by atoms with E-state index in [-0.39, 0.29) is 29.8 Å². The van der Waals surface area contributed by atoms with Gasteiger partial charge in [-0.3, -0.25) is 0 Å². The number of ether oxygens (including phenoxy) is 3. The van der Waals surface area contributed by atoms with Crippen LogP contribution in [0.4, 0.5) is 0 Å². The molecule has 1 heterocycles. The van der Waals surface area contributed by atoms with Gasteiger partial charge >= 0.3 is 0 Å². The van der Waals surface area contributed by atoms with Crippen molar-refractivity contribution in [3.05, 3.63) is 142 Å². The molecule has 0 radical (unpaired) electrons. The van der Waals surface area contributed by atoms with Gasteiger partial charge in [-0.05, 0) is 140 Å². The SMILES string of the molecule is Cc1cc(C)c(-c2cc(C(C)(C)C)cc(-c3ccccc3OCC3(C)COc4ccccc4-c4cc(C(C)(C)C)cc(-c5c(C)cc(C)cc5C)c4O3)c2O)c(C)c1. The molecule has 0 saturated heterocycles. The molecule has 4 heteroatoms. The number of fused-ring (bicyclic) bond motifs is 3. The van der Waals surface area contributed by atoms with Crippen LogP contribution in [0.15, 0.2) is 97.1 Å². The summed E-state index contributed by atoms with van der Waals surface area (Å²) in [6, 6.07) is 34.0. The van der Waals surface area contributed by atoms with E-state index in [1.807, 2.05) is 36.4 Å². The number of aromatic hydroxyl groups is 1. The Morgan fingerprint density at radius 1 is 0.569 bits per heavy atom. The molecule has 0 fully saturated rings. The second-order valence-electron chi connectivity index (χ2n) is 19.0. The second kappa shape index (κ2) is 15.0. The maximum atomic E-state index is 12.2. The maximum Gasteiger partial charge on any atom is 0.174 e. The van der Waals surface area contributed by atoms with Crippen LogP contribution in [0, 0.1) is 41.5 Å². The maximum absolute atomic E-state index is 12.2. The third-order valence-corrected chi connectivity index (χ3v) is 11.6. The number of para-hydroxylation sites is 2. The molecule has 300 valence electrons. The van der Waals surface area contributed by atoms with Crippen LogP contribution in [0.2, 0.25) is 0 Å². The molecular formula is C54H60O4. The lowest BCUT2D eigenvalue weighted by atomic mass is 9.81. The molecule has 6 aromatic carbocycles. The predicted molar refractivity (Wildman–Crippen MR) is 242 cm³/mol. The lowest BCUT2D eigenvalue weighted by Crippen LogP contribution is -2.45. The molecule has 0 aliphatic carbocycles. The van der Waals surface area contributed by atoms with Gasteiger partial charge in [-0.25, -0.2) is 0 Å². The molecular weight excluding hydrogens is 713 g/mol. The van der Waals surface area contributed by atoms with Gasteiger partial charge in [0.15, 0.2) is 5.60 Å². The Kier molecular flexibility index (Phi) is 10.6. The normalized spacial score (nSPS) is 15.4. The Morgan fingerprint density at radius 3 is 1.60 bits per heavy atom. The highest BCUT2D eigenvalue weighted by molar-refractivity contribution is 5.89. The summed E-state index contributed by atoms with van der Waals surface area (Å²) in [6.45, 7) is 28.9. The molecule has 1 N–H and O–H groups in total. The monoisotopic (exact) mass is 772 g/mol. The molecule has 7 rings (SSSR count). The number of hydrogen-bond acceptors (Lipinski definition) is 4. The summed E-state index contributed by atoms with van der Waals surface area (Å²) in [5.74, 6) is 2.53. The van der Waals surface area contributed by atoms with Crippen LogP contribution in [0.25, 0.3) is 44.5 Å². The van der Waals surface area contributed by atoms with Gasteiger partial charge in [0, 0.05) is 33.4 Å². The summed E-state index contributed by atoms with van der Waals surface area (Å²) in [7, 11) is 0. The van der Waals surface area contributed by atoms with Gasteiger partial charge in [0.1, 0.15) is 36.2 Å². The van der Waals surface area contributed by atoms with E-state index in [1.165, 1.54) is 33.4 Å². The van der Waals surface area contributed by atoms with E-state index in [4.69, 9.17) is 14.2 Å². The first-order valence-corrected chi connectivity index (χ1v) is 20.6. The van der Waals surface area contributed by atoms with Crippen molar-refractivity contribution in [1.82, 2.24) is 0 Å². The number of phenols is 1. The fourth-order valence-electron chi connectivity index (χ4n) is 8.67. The Morgan fingerprint density at radius 2 is 1.03 bits per heavy atom. The fourth-order valence-corrected chi connectivity index (χ4v) is 8.67. The van der Waals surface area contributed by atoms with Crippen LogP contribution in [-0.2, 0) is 10.8 Å². The number of phenolic OH excluding ortho intramolecular Hbond substituents is 1. The summed E-state index contributed by atoms with van der Waals surface area (Å²) in [5.41, 5.74) is 16.0. The Hall–Kier alpha value is -5.48. The molecule has 0 amide bonds. The average Bonchev–Trinajstić information content (AvgIpc) is 3.12. The molecule has 0 spiro atoms. The summed E-state index contributed by atoms with van der Waals surface area (Å²) in [4.78, 5) is 0. The standard InChI is InChI=1S/C54H60O4/c1-32-22-34(3)48(35(4)23-32)44-28-38(52(7,8)9)26-42(50(44)55)40-18-14-16-20-46(40)56-30-54(13)31-57-47-21-17-15-19-41(47)43-27-39(53(10,11)12)29-45(51(43)58-54)49-36(5)24-33(2)25-37(49)6/h14-29,55H,30-31H2,1-13H3.